The first-order valence-electron chi connectivity index (χ1n) is 7.42. The summed E-state index contributed by atoms with van der Waals surface area (Å²) in [7, 11) is 0. The van der Waals surface area contributed by atoms with Crippen molar-refractivity contribution in [3.05, 3.63) is 58.6 Å². The second kappa shape index (κ2) is 9.72. The number of hydrogen-bond donors (Lipinski definition) is 1. The molecule has 0 saturated heterocycles. The van der Waals surface area contributed by atoms with Crippen LogP contribution in [-0.4, -0.2) is 30.0 Å². The fourth-order valence-corrected chi connectivity index (χ4v) is 2.69. The minimum Gasteiger partial charge on any atom is -0.462 e. The minimum absolute atomic E-state index is 0.0728. The van der Waals surface area contributed by atoms with E-state index in [9.17, 15) is 14.4 Å². The minimum atomic E-state index is -0.579. The molecule has 0 atom stereocenters. The number of carbonyl (C=O) groups excluding carboxylic acids is 3. The Hall–Kier alpha value is -2.34. The number of ether oxygens (including phenoxy) is 1. The van der Waals surface area contributed by atoms with Crippen LogP contribution in [-0.2, 0) is 14.3 Å². The topological polar surface area (TPSA) is 72.5 Å². The third-order valence-electron chi connectivity index (χ3n) is 2.82. The Balaban J connectivity index is 3.19. The van der Waals surface area contributed by atoms with Gasteiger partial charge in [-0.05, 0) is 38.5 Å². The van der Waals surface area contributed by atoms with Crippen molar-refractivity contribution in [2.45, 2.75) is 20.8 Å². The van der Waals surface area contributed by atoms with Gasteiger partial charge >= 0.3 is 5.97 Å². The molecule has 5 nitrogen and oxygen atoms in total. The molecule has 1 aromatic carbocycles. The Morgan fingerprint density at radius 1 is 1.17 bits per heavy atom. The molecule has 24 heavy (non-hydrogen) atoms. The number of ketones is 1. The average molecular weight is 347 g/mol. The molecule has 0 aliphatic heterocycles. The van der Waals surface area contributed by atoms with Crippen LogP contribution in [0.25, 0.3) is 0 Å². The van der Waals surface area contributed by atoms with Crippen LogP contribution < -0.4 is 5.32 Å². The molecule has 0 bridgehead atoms. The predicted octanol–water partition coefficient (Wildman–Crippen LogP) is 3.09. The summed E-state index contributed by atoms with van der Waals surface area (Å²) in [5.41, 5.74) is 1.07. The lowest BCUT2D eigenvalue weighted by Crippen LogP contribution is -2.25. The van der Waals surface area contributed by atoms with E-state index in [1.54, 1.807) is 44.2 Å². The number of rotatable bonds is 8. The largest absolute Gasteiger partial charge is 0.462 e. The van der Waals surface area contributed by atoms with Crippen LogP contribution >= 0.6 is 11.8 Å². The summed E-state index contributed by atoms with van der Waals surface area (Å²) >= 11 is 1.08. The molecule has 128 valence electrons. The van der Waals surface area contributed by atoms with Crippen LogP contribution in [0.1, 0.15) is 31.1 Å². The van der Waals surface area contributed by atoms with Crippen molar-refractivity contribution in [3.8, 4) is 0 Å². The maximum absolute atomic E-state index is 12.4. The van der Waals surface area contributed by atoms with Crippen LogP contribution in [0.2, 0.25) is 0 Å². The zero-order chi connectivity index (χ0) is 18.1. The lowest BCUT2D eigenvalue weighted by Gasteiger charge is -2.15. The highest BCUT2D eigenvalue weighted by Crippen LogP contribution is 2.24. The number of hydrogen-bond acceptors (Lipinski definition) is 5. The van der Waals surface area contributed by atoms with Crippen molar-refractivity contribution in [3.63, 3.8) is 0 Å². The van der Waals surface area contributed by atoms with E-state index in [1.165, 1.54) is 6.92 Å². The molecule has 0 fully saturated rings. The van der Waals surface area contributed by atoms with E-state index in [1.807, 2.05) is 0 Å². The summed E-state index contributed by atoms with van der Waals surface area (Å²) in [4.78, 5) is 35.9. The number of esters is 1. The van der Waals surface area contributed by atoms with Gasteiger partial charge in [-0.1, -0.05) is 36.5 Å². The van der Waals surface area contributed by atoms with Gasteiger partial charge in [0.05, 0.1) is 23.0 Å². The third-order valence-corrected chi connectivity index (χ3v) is 3.96. The third kappa shape index (κ3) is 6.04. The number of Topliss-reactive ketones (excluding diaryl/α,β-unsaturated/α-hetero) is 1. The van der Waals surface area contributed by atoms with Gasteiger partial charge in [0.25, 0.3) is 5.91 Å². The predicted molar refractivity (Wildman–Crippen MR) is 95.5 cm³/mol. The Bertz CT molecular complexity index is 665. The highest BCUT2D eigenvalue weighted by molar-refractivity contribution is 8.03. The SMILES string of the molecule is C=C(C)/C(C(=O)OCC)=C(/NC(=O)c1ccccc1)SCC(C)=O. The molecule has 0 spiro atoms. The van der Waals surface area contributed by atoms with Gasteiger partial charge in [0.1, 0.15) is 5.78 Å². The summed E-state index contributed by atoms with van der Waals surface area (Å²) in [6, 6.07) is 8.61. The van der Waals surface area contributed by atoms with Gasteiger partial charge in [-0.3, -0.25) is 9.59 Å². The van der Waals surface area contributed by atoms with Crippen molar-refractivity contribution in [1.82, 2.24) is 5.32 Å². The molecule has 1 rings (SSSR count). The molecule has 0 heterocycles. The summed E-state index contributed by atoms with van der Waals surface area (Å²) in [5, 5.41) is 2.97. The fourth-order valence-electron chi connectivity index (χ4n) is 1.77. The lowest BCUT2D eigenvalue weighted by molar-refractivity contribution is -0.138. The molecule has 0 aliphatic carbocycles. The molecule has 1 aromatic rings. The molecule has 0 aliphatic rings. The molecule has 1 N–H and O–H groups in total. The van der Waals surface area contributed by atoms with E-state index in [4.69, 9.17) is 4.74 Å². The first kappa shape index (κ1) is 19.7. The summed E-state index contributed by atoms with van der Waals surface area (Å²) < 4.78 is 5.03. The average Bonchev–Trinajstić information content (AvgIpc) is 2.53. The quantitative estimate of drug-likeness (QED) is 0.444. The zero-order valence-corrected chi connectivity index (χ0v) is 14.9. The second-order valence-electron chi connectivity index (χ2n) is 5.02. The van der Waals surface area contributed by atoms with E-state index in [2.05, 4.69) is 11.9 Å². The van der Waals surface area contributed by atoms with Crippen LogP contribution in [0, 0.1) is 0 Å². The molecular formula is C18H21NO4S. The van der Waals surface area contributed by atoms with Crippen molar-refractivity contribution in [1.29, 1.82) is 0 Å². The van der Waals surface area contributed by atoms with Crippen molar-refractivity contribution in [2.24, 2.45) is 0 Å². The molecule has 6 heteroatoms. The first-order valence-corrected chi connectivity index (χ1v) is 8.41. The highest BCUT2D eigenvalue weighted by atomic mass is 32.2. The van der Waals surface area contributed by atoms with Crippen LogP contribution in [0.3, 0.4) is 0 Å². The van der Waals surface area contributed by atoms with Crippen molar-refractivity contribution in [2.75, 3.05) is 12.4 Å². The van der Waals surface area contributed by atoms with Gasteiger partial charge in [-0.15, -0.1) is 0 Å². The molecular weight excluding hydrogens is 326 g/mol. The smallest absolute Gasteiger partial charge is 0.341 e. The second-order valence-corrected chi connectivity index (χ2v) is 6.00. The van der Waals surface area contributed by atoms with Gasteiger partial charge in [0.2, 0.25) is 0 Å². The van der Waals surface area contributed by atoms with E-state index < -0.39 is 5.97 Å². The normalized spacial score (nSPS) is 11.3. The Morgan fingerprint density at radius 3 is 2.29 bits per heavy atom. The number of thioether (sulfide) groups is 1. The van der Waals surface area contributed by atoms with Crippen molar-refractivity contribution < 1.29 is 19.1 Å². The first-order chi connectivity index (χ1) is 11.4. The Labute approximate surface area is 146 Å². The summed E-state index contributed by atoms with van der Waals surface area (Å²) in [6.07, 6.45) is 0. The highest BCUT2D eigenvalue weighted by Gasteiger charge is 2.21. The van der Waals surface area contributed by atoms with E-state index >= 15 is 0 Å². The Morgan fingerprint density at radius 2 is 1.79 bits per heavy atom. The van der Waals surface area contributed by atoms with Crippen LogP contribution in [0.5, 0.6) is 0 Å². The molecule has 0 saturated carbocycles. The van der Waals surface area contributed by atoms with Crippen LogP contribution in [0.15, 0.2) is 53.1 Å². The molecule has 0 aromatic heterocycles. The standard InChI is InChI=1S/C18H21NO4S/c1-5-23-18(22)15(12(2)3)17(24-11-13(4)20)19-16(21)14-9-7-6-8-10-14/h6-10H,2,5,11H2,1,3-4H3,(H,19,21)/b17-15+. The van der Waals surface area contributed by atoms with Gasteiger partial charge in [0, 0.05) is 5.56 Å². The fraction of sp³-hybridized carbons (Fsp3) is 0.278. The number of benzene rings is 1. The molecule has 1 amide bonds. The molecule has 0 radical (unpaired) electrons. The maximum Gasteiger partial charge on any atom is 0.341 e. The summed E-state index contributed by atoms with van der Waals surface area (Å²) in [6.45, 7) is 8.76. The number of nitrogens with one attached hydrogen (secondary N) is 1. The van der Waals surface area contributed by atoms with E-state index in [-0.39, 0.29) is 34.7 Å². The van der Waals surface area contributed by atoms with Gasteiger partial charge in [0.15, 0.2) is 0 Å². The van der Waals surface area contributed by atoms with Gasteiger partial charge in [-0.25, -0.2) is 4.79 Å². The van der Waals surface area contributed by atoms with E-state index in [0.717, 1.165) is 11.8 Å². The van der Waals surface area contributed by atoms with Gasteiger partial charge < -0.3 is 10.1 Å². The summed E-state index contributed by atoms with van der Waals surface area (Å²) in [5.74, 6) is -0.897. The lowest BCUT2D eigenvalue weighted by atomic mass is 10.1. The maximum atomic E-state index is 12.4. The number of amides is 1. The Kier molecular flexibility index (Phi) is 7.98. The van der Waals surface area contributed by atoms with Gasteiger partial charge in [-0.2, -0.15) is 0 Å². The monoisotopic (exact) mass is 347 g/mol. The van der Waals surface area contributed by atoms with E-state index in [0.29, 0.717) is 11.1 Å². The van der Waals surface area contributed by atoms with Crippen LogP contribution in [0.4, 0.5) is 0 Å². The number of carbonyl (C=O) groups is 3. The molecule has 0 unspecified atom stereocenters. The zero-order valence-electron chi connectivity index (χ0n) is 14.0. The van der Waals surface area contributed by atoms with Crippen molar-refractivity contribution >= 4 is 29.4 Å².